The zero-order valence-corrected chi connectivity index (χ0v) is 19.3. The molecule has 0 heterocycles. The molecule has 0 aliphatic heterocycles. The minimum atomic E-state index is -1.56. The van der Waals surface area contributed by atoms with Crippen LogP contribution in [0.4, 0.5) is 0 Å². The summed E-state index contributed by atoms with van der Waals surface area (Å²) in [4.78, 5) is 0. The van der Waals surface area contributed by atoms with E-state index in [1.54, 1.807) is 5.57 Å². The Hall–Kier alpha value is -0.860. The van der Waals surface area contributed by atoms with E-state index >= 15 is 0 Å². The average molecular weight is 401 g/mol. The molecule has 0 spiro atoms. The molecule has 2 heteroatoms. The summed E-state index contributed by atoms with van der Waals surface area (Å²) in [5, 5.41) is 20.1. The largest absolute Gasteiger partial charge is 0.365 e. The Kier molecular flexibility index (Phi) is 7.16. The van der Waals surface area contributed by atoms with Crippen LogP contribution in [-0.2, 0) is 0 Å². The molecule has 3 saturated carbocycles. The van der Waals surface area contributed by atoms with Crippen LogP contribution in [0.1, 0.15) is 98.3 Å². The molecule has 29 heavy (non-hydrogen) atoms. The second-order valence-corrected chi connectivity index (χ2v) is 11.1. The van der Waals surface area contributed by atoms with Gasteiger partial charge in [0.05, 0.1) is 0 Å². The Bertz CT molecular complexity index is 653. The molecule has 0 saturated heterocycles. The maximum atomic E-state index is 10.0. The lowest BCUT2D eigenvalue weighted by Crippen LogP contribution is -2.36. The molecule has 2 nitrogen and oxygen atoms in total. The predicted molar refractivity (Wildman–Crippen MR) is 122 cm³/mol. The fourth-order valence-corrected chi connectivity index (χ4v) is 6.68. The van der Waals surface area contributed by atoms with Crippen LogP contribution >= 0.6 is 0 Å². The van der Waals surface area contributed by atoms with Gasteiger partial charge in [-0.15, -0.1) is 0 Å². The summed E-state index contributed by atoms with van der Waals surface area (Å²) in [7, 11) is 0. The molecular formula is C27H44O2. The van der Waals surface area contributed by atoms with E-state index in [-0.39, 0.29) is 0 Å². The number of hydrogen-bond donors (Lipinski definition) is 2. The third-order valence-electron chi connectivity index (χ3n) is 8.42. The third kappa shape index (κ3) is 5.25. The fourth-order valence-electron chi connectivity index (χ4n) is 6.68. The van der Waals surface area contributed by atoms with Gasteiger partial charge in [0.25, 0.3) is 0 Å². The molecular weight excluding hydrogens is 356 g/mol. The first kappa shape index (κ1) is 22.8. The van der Waals surface area contributed by atoms with Crippen molar-refractivity contribution in [3.8, 4) is 0 Å². The van der Waals surface area contributed by atoms with E-state index in [2.05, 4.69) is 46.4 Å². The van der Waals surface area contributed by atoms with Crippen LogP contribution in [0.25, 0.3) is 0 Å². The molecule has 0 aromatic rings. The molecule has 1 unspecified atom stereocenters. The van der Waals surface area contributed by atoms with E-state index in [0.717, 1.165) is 28.9 Å². The van der Waals surface area contributed by atoms with E-state index in [1.165, 1.54) is 51.4 Å². The van der Waals surface area contributed by atoms with Crippen LogP contribution in [-0.4, -0.2) is 16.0 Å². The van der Waals surface area contributed by atoms with Gasteiger partial charge in [0.15, 0.2) is 5.79 Å². The highest BCUT2D eigenvalue weighted by molar-refractivity contribution is 5.36. The Balaban J connectivity index is 1.71. The normalized spacial score (nSPS) is 36.0. The van der Waals surface area contributed by atoms with Crippen LogP contribution in [0.15, 0.2) is 35.5 Å². The van der Waals surface area contributed by atoms with Crippen molar-refractivity contribution in [1.29, 1.82) is 0 Å². The van der Waals surface area contributed by atoms with Gasteiger partial charge in [-0.05, 0) is 73.2 Å². The number of aliphatic hydroxyl groups is 2. The van der Waals surface area contributed by atoms with Gasteiger partial charge in [-0.2, -0.15) is 0 Å². The van der Waals surface area contributed by atoms with Crippen molar-refractivity contribution in [3.63, 3.8) is 0 Å². The summed E-state index contributed by atoms with van der Waals surface area (Å²) in [5.74, 6) is 1.64. The van der Waals surface area contributed by atoms with Crippen molar-refractivity contribution in [1.82, 2.24) is 0 Å². The highest BCUT2D eigenvalue weighted by Gasteiger charge is 2.50. The Labute approximate surface area is 179 Å². The van der Waals surface area contributed by atoms with Crippen molar-refractivity contribution < 1.29 is 10.2 Å². The second-order valence-electron chi connectivity index (χ2n) is 11.1. The summed E-state index contributed by atoms with van der Waals surface area (Å²) < 4.78 is 0. The molecule has 0 aromatic heterocycles. The minimum absolute atomic E-state index is 0.313. The molecule has 3 aliphatic carbocycles. The van der Waals surface area contributed by atoms with Gasteiger partial charge in [0.1, 0.15) is 0 Å². The average Bonchev–Trinajstić information content (AvgIpc) is 2.99. The van der Waals surface area contributed by atoms with Crippen LogP contribution in [0.5, 0.6) is 0 Å². The minimum Gasteiger partial charge on any atom is -0.365 e. The van der Waals surface area contributed by atoms with Gasteiger partial charge in [0.2, 0.25) is 0 Å². The van der Waals surface area contributed by atoms with E-state index in [4.69, 9.17) is 0 Å². The van der Waals surface area contributed by atoms with Gasteiger partial charge >= 0.3 is 0 Å². The van der Waals surface area contributed by atoms with Gasteiger partial charge in [-0.3, -0.25) is 0 Å². The Morgan fingerprint density at radius 3 is 2.55 bits per heavy atom. The number of fused-ring (bicyclic) bond motifs is 1. The van der Waals surface area contributed by atoms with Crippen molar-refractivity contribution in [2.24, 2.45) is 29.1 Å². The topological polar surface area (TPSA) is 40.5 Å². The number of rotatable bonds is 6. The molecule has 0 amide bonds. The summed E-state index contributed by atoms with van der Waals surface area (Å²) in [6.07, 6.45) is 16.6. The van der Waals surface area contributed by atoms with E-state index in [1.807, 2.05) is 0 Å². The van der Waals surface area contributed by atoms with E-state index in [0.29, 0.717) is 30.6 Å². The molecule has 0 radical (unpaired) electrons. The smallest absolute Gasteiger partial charge is 0.166 e. The quantitative estimate of drug-likeness (QED) is 0.474. The first-order valence-corrected chi connectivity index (χ1v) is 12.1. The van der Waals surface area contributed by atoms with E-state index in [9.17, 15) is 10.2 Å². The Morgan fingerprint density at radius 2 is 1.83 bits per heavy atom. The number of hydrogen-bond acceptors (Lipinski definition) is 2. The molecule has 0 bridgehead atoms. The van der Waals surface area contributed by atoms with Crippen molar-refractivity contribution in [3.05, 3.63) is 35.5 Å². The summed E-state index contributed by atoms with van der Waals surface area (Å²) in [5.41, 5.74) is 4.14. The second kappa shape index (κ2) is 9.10. The highest BCUT2D eigenvalue weighted by Crippen LogP contribution is 2.60. The van der Waals surface area contributed by atoms with Gasteiger partial charge < -0.3 is 10.2 Å². The van der Waals surface area contributed by atoms with E-state index < -0.39 is 5.79 Å². The summed E-state index contributed by atoms with van der Waals surface area (Å²) >= 11 is 0. The zero-order valence-electron chi connectivity index (χ0n) is 19.3. The highest BCUT2D eigenvalue weighted by atomic mass is 16.5. The SMILES string of the molecule is C=C1CCC(O)(O)CC1=CC=C1CCC[C@@]2(C)C1CC[C@@H]2[C@H](C)CCCC(C)C. The molecule has 3 rings (SSSR count). The van der Waals surface area contributed by atoms with Crippen molar-refractivity contribution in [2.75, 3.05) is 0 Å². The fraction of sp³-hybridized carbons (Fsp3) is 0.778. The van der Waals surface area contributed by atoms with Crippen LogP contribution < -0.4 is 0 Å². The molecule has 0 aromatic carbocycles. The lowest BCUT2D eigenvalue weighted by molar-refractivity contribution is -0.166. The number of allylic oxidation sites excluding steroid dienone is 4. The zero-order chi connectivity index (χ0) is 21.2. The molecule has 164 valence electrons. The monoisotopic (exact) mass is 400 g/mol. The first-order valence-electron chi connectivity index (χ1n) is 12.1. The summed E-state index contributed by atoms with van der Waals surface area (Å²) in [6, 6.07) is 0. The molecule has 3 fully saturated rings. The maximum Gasteiger partial charge on any atom is 0.166 e. The summed E-state index contributed by atoms with van der Waals surface area (Å²) in [6.45, 7) is 13.9. The lowest BCUT2D eigenvalue weighted by Gasteiger charge is -2.44. The third-order valence-corrected chi connectivity index (χ3v) is 8.42. The van der Waals surface area contributed by atoms with Crippen molar-refractivity contribution in [2.45, 2.75) is 104 Å². The Morgan fingerprint density at radius 1 is 1.07 bits per heavy atom. The van der Waals surface area contributed by atoms with Gasteiger partial charge in [0, 0.05) is 12.8 Å². The molecule has 4 atom stereocenters. The lowest BCUT2D eigenvalue weighted by atomic mass is 9.60. The first-order chi connectivity index (χ1) is 13.6. The van der Waals surface area contributed by atoms with Gasteiger partial charge in [-0.25, -0.2) is 0 Å². The van der Waals surface area contributed by atoms with Crippen LogP contribution in [0.2, 0.25) is 0 Å². The van der Waals surface area contributed by atoms with Crippen LogP contribution in [0.3, 0.4) is 0 Å². The maximum absolute atomic E-state index is 10.0. The van der Waals surface area contributed by atoms with Crippen LogP contribution in [0, 0.1) is 29.1 Å². The predicted octanol–water partition coefficient (Wildman–Crippen LogP) is 6.94. The standard InChI is InChI=1S/C27H44O2/c1-19(2)8-6-9-21(4)24-13-14-25-22(10-7-16-26(24,25)5)11-12-23-18-27(28,29)17-15-20(23)3/h11-12,19,21,24-25,28-29H,3,6-10,13-18H2,1-2,4-5H3/t21-,24-,25?,26-/m1/s1. The van der Waals surface area contributed by atoms with Gasteiger partial charge in [-0.1, -0.05) is 76.8 Å². The van der Waals surface area contributed by atoms with Crippen molar-refractivity contribution >= 4 is 0 Å². The molecule has 2 N–H and O–H groups in total. The molecule has 3 aliphatic rings.